The number of aryl methyl sites for hydroxylation is 3. The zero-order valence-corrected chi connectivity index (χ0v) is 20.5. The van der Waals surface area contributed by atoms with Gasteiger partial charge >= 0.3 is 66.3 Å². The van der Waals surface area contributed by atoms with E-state index in [-0.39, 0.29) is 5.69 Å². The predicted octanol–water partition coefficient (Wildman–Crippen LogP) is 5.39. The number of hydrogen-bond donors (Lipinski definition) is 1. The fourth-order valence-corrected chi connectivity index (χ4v) is 5.22. The molecule has 0 unspecified atom stereocenters. The van der Waals surface area contributed by atoms with E-state index < -0.39 is 41.1 Å². The van der Waals surface area contributed by atoms with Crippen LogP contribution >= 0.6 is 23.7 Å². The molecule has 1 N–H and O–H groups in total. The average molecular weight is 658 g/mol. The first-order valence-electron chi connectivity index (χ1n) is 7.99. The molecular formula is C17H15BrF9INOP. The molecule has 0 atom stereocenters. The van der Waals surface area contributed by atoms with Gasteiger partial charge in [0.1, 0.15) is 0 Å². The summed E-state index contributed by atoms with van der Waals surface area (Å²) in [7, 11) is -10.7. The van der Waals surface area contributed by atoms with Crippen LogP contribution in [-0.4, -0.2) is 12.1 Å². The minimum atomic E-state index is -10.7. The van der Waals surface area contributed by atoms with E-state index in [4.69, 9.17) is 0 Å². The van der Waals surface area contributed by atoms with Gasteiger partial charge in [0.25, 0.3) is 0 Å². The number of carbonyl (C=O) groups is 1. The molecule has 2 nitrogen and oxygen atoms in total. The van der Waals surface area contributed by atoms with Crippen LogP contribution in [0.1, 0.15) is 16.7 Å². The summed E-state index contributed by atoms with van der Waals surface area (Å²) in [5.41, 5.74) is 3.69. The number of benzene rings is 2. The molecule has 0 aliphatic heterocycles. The monoisotopic (exact) mass is 657 g/mol. The summed E-state index contributed by atoms with van der Waals surface area (Å²) < 4.78 is 99.1. The zero-order chi connectivity index (χ0) is 24.5. The molecule has 0 fully saturated rings. The molecule has 176 valence electrons. The zero-order valence-electron chi connectivity index (χ0n) is 15.9. The Hall–Kier alpha value is -1.08. The second-order valence-corrected chi connectivity index (χ2v) is 12.0. The van der Waals surface area contributed by atoms with Crippen molar-refractivity contribution in [2.45, 2.75) is 26.9 Å². The number of hydrogen-bond acceptors (Lipinski definition) is 1. The standard InChI is InChI=1S/C17H14BrF3INO.F6P/c1-9-6-10(2)15(11(3)7-9)22-12-4-5-13(18)14(8-12)23-16(24)17(19,20)21;1-7(2,3,4,5)6/h4-8H,1-3H3;/q;-1/p+1. The molecule has 0 spiro atoms. The van der Waals surface area contributed by atoms with E-state index in [1.807, 2.05) is 32.2 Å². The maximum absolute atomic E-state index is 12.4. The molecule has 0 aromatic heterocycles. The van der Waals surface area contributed by atoms with Crippen LogP contribution in [0.3, 0.4) is 0 Å². The van der Waals surface area contributed by atoms with Crippen molar-refractivity contribution in [1.29, 1.82) is 0 Å². The Morgan fingerprint density at radius 1 is 0.935 bits per heavy atom. The summed E-state index contributed by atoms with van der Waals surface area (Å²) >= 11 is 2.61. The number of anilines is 1. The van der Waals surface area contributed by atoms with Gasteiger partial charge in [-0.1, -0.05) is 17.7 Å². The molecule has 0 aliphatic carbocycles. The summed E-state index contributed by atoms with van der Waals surface area (Å²) in [4.78, 5) is 11.2. The second kappa shape index (κ2) is 8.69. The fraction of sp³-hybridized carbons (Fsp3) is 0.235. The molecule has 2 aromatic rings. The molecular weight excluding hydrogens is 643 g/mol. The van der Waals surface area contributed by atoms with Crippen molar-refractivity contribution in [3.63, 3.8) is 0 Å². The van der Waals surface area contributed by atoms with Gasteiger partial charge in [-0.2, -0.15) is 13.2 Å². The fourth-order valence-electron chi connectivity index (χ4n) is 2.27. The first-order valence-corrected chi connectivity index (χ1v) is 13.0. The van der Waals surface area contributed by atoms with Crippen LogP contribution < -0.4 is 26.5 Å². The van der Waals surface area contributed by atoms with Gasteiger partial charge in [-0.15, -0.1) is 0 Å². The van der Waals surface area contributed by atoms with Crippen LogP contribution in [0, 0.1) is 27.9 Å². The summed E-state index contributed by atoms with van der Waals surface area (Å²) in [5.74, 6) is -1.97. The van der Waals surface area contributed by atoms with Crippen molar-refractivity contribution in [3.8, 4) is 0 Å². The number of nitrogens with one attached hydrogen (secondary N) is 1. The molecule has 2 rings (SSSR count). The quantitative estimate of drug-likeness (QED) is 0.268. The van der Waals surface area contributed by atoms with Gasteiger partial charge in [0, 0.05) is 21.7 Å². The third-order valence-corrected chi connectivity index (χ3v) is 7.44. The molecule has 0 radical (unpaired) electrons. The van der Waals surface area contributed by atoms with Gasteiger partial charge < -0.3 is 5.32 Å². The molecule has 14 heteroatoms. The normalized spacial score (nSPS) is 14.1. The Morgan fingerprint density at radius 2 is 1.39 bits per heavy atom. The van der Waals surface area contributed by atoms with Gasteiger partial charge in [0.2, 0.25) is 0 Å². The van der Waals surface area contributed by atoms with Crippen molar-refractivity contribution in [3.05, 3.63) is 58.6 Å². The molecule has 0 saturated carbocycles. The number of halogens is 11. The predicted molar refractivity (Wildman–Crippen MR) is 100 cm³/mol. The van der Waals surface area contributed by atoms with Gasteiger partial charge in [-0.25, -0.2) is 0 Å². The average Bonchev–Trinajstić information content (AvgIpc) is 2.49. The van der Waals surface area contributed by atoms with Crippen LogP contribution in [0.4, 0.5) is 44.0 Å². The number of amides is 1. The number of rotatable bonds is 3. The van der Waals surface area contributed by atoms with Crippen LogP contribution in [0.5, 0.6) is 0 Å². The Labute approximate surface area is 190 Å². The third-order valence-electron chi connectivity index (χ3n) is 3.22. The Kier molecular flexibility index (Phi) is 7.84. The van der Waals surface area contributed by atoms with Crippen LogP contribution in [0.15, 0.2) is 34.8 Å². The first-order chi connectivity index (χ1) is 13.5. The van der Waals surface area contributed by atoms with Crippen molar-refractivity contribution < 1.29 is 64.4 Å². The Morgan fingerprint density at radius 3 is 1.81 bits per heavy atom. The number of carbonyl (C=O) groups excluding carboxylic acids is 1. The van der Waals surface area contributed by atoms with E-state index in [2.05, 4.69) is 28.1 Å². The molecule has 0 bridgehead atoms. The second-order valence-electron chi connectivity index (χ2n) is 6.34. The van der Waals surface area contributed by atoms with Crippen molar-refractivity contribution in [2.24, 2.45) is 0 Å². The van der Waals surface area contributed by atoms with E-state index in [0.29, 0.717) is 4.47 Å². The van der Waals surface area contributed by atoms with E-state index in [1.54, 1.807) is 12.1 Å². The maximum atomic E-state index is 12.4. The third kappa shape index (κ3) is 11.9. The van der Waals surface area contributed by atoms with Crippen molar-refractivity contribution in [1.82, 2.24) is 0 Å². The molecule has 0 aliphatic rings. The van der Waals surface area contributed by atoms with Crippen LogP contribution in [0.2, 0.25) is 0 Å². The SMILES string of the molecule is Cc1cc(C)c([I+]c2ccc(Br)c(NC(=O)C(F)(F)F)c2)c(C)c1.F[P-](F)(F)(F)(F)F. The minimum absolute atomic E-state index is 0.136. The van der Waals surface area contributed by atoms with Crippen molar-refractivity contribution in [2.75, 3.05) is 5.32 Å². The molecule has 2 aromatic carbocycles. The van der Waals surface area contributed by atoms with E-state index in [0.717, 1.165) is 3.57 Å². The molecule has 1 amide bonds. The van der Waals surface area contributed by atoms with E-state index in [9.17, 15) is 43.1 Å². The molecule has 0 heterocycles. The Bertz CT molecular complexity index is 958. The van der Waals surface area contributed by atoms with Crippen LogP contribution in [0.25, 0.3) is 0 Å². The molecule has 0 saturated heterocycles. The van der Waals surface area contributed by atoms with E-state index in [1.165, 1.54) is 20.3 Å². The van der Waals surface area contributed by atoms with Gasteiger partial charge in [-0.3, -0.25) is 4.79 Å². The summed E-state index contributed by atoms with van der Waals surface area (Å²) in [6.45, 7) is 6.12. The summed E-state index contributed by atoms with van der Waals surface area (Å²) in [6.07, 6.45) is -4.91. The van der Waals surface area contributed by atoms with Gasteiger partial charge in [0.05, 0.1) is 5.69 Å². The molecule has 31 heavy (non-hydrogen) atoms. The number of alkyl halides is 3. The summed E-state index contributed by atoms with van der Waals surface area (Å²) in [5, 5.41) is 1.92. The topological polar surface area (TPSA) is 29.1 Å². The van der Waals surface area contributed by atoms with Gasteiger partial charge in [-0.05, 0) is 48.8 Å². The first kappa shape index (κ1) is 28.0. The van der Waals surface area contributed by atoms with Crippen LogP contribution in [-0.2, 0) is 4.79 Å². The summed E-state index contributed by atoms with van der Waals surface area (Å²) in [6, 6.07) is 9.36. The Balaban J connectivity index is 0.000000592. The van der Waals surface area contributed by atoms with Gasteiger partial charge in [0.15, 0.2) is 7.14 Å². The van der Waals surface area contributed by atoms with E-state index >= 15 is 0 Å². The van der Waals surface area contributed by atoms with Crippen molar-refractivity contribution >= 4 is 35.3 Å².